The lowest BCUT2D eigenvalue weighted by Crippen LogP contribution is -2.27. The molecule has 0 aliphatic carbocycles. The molecule has 6 heteroatoms. The van der Waals surface area contributed by atoms with E-state index in [2.05, 4.69) is 4.90 Å². The summed E-state index contributed by atoms with van der Waals surface area (Å²) in [6.07, 6.45) is 2.34. The number of thiocarbonyl (C=S) groups is 1. The Balaban J connectivity index is 2.02. The summed E-state index contributed by atoms with van der Waals surface area (Å²) >= 11 is 4.97. The van der Waals surface area contributed by atoms with Crippen LogP contribution in [0.1, 0.15) is 24.0 Å². The van der Waals surface area contributed by atoms with Crippen LogP contribution in [0.2, 0.25) is 0 Å². The third-order valence-electron chi connectivity index (χ3n) is 3.58. The number of hydrogen-bond acceptors (Lipinski definition) is 4. The zero-order valence-electron chi connectivity index (χ0n) is 11.4. The highest BCUT2D eigenvalue weighted by Crippen LogP contribution is 2.14. The van der Waals surface area contributed by atoms with Gasteiger partial charge in [-0.05, 0) is 31.5 Å². The summed E-state index contributed by atoms with van der Waals surface area (Å²) in [4.78, 5) is 2.45. The van der Waals surface area contributed by atoms with Crippen molar-refractivity contribution in [3.05, 3.63) is 35.4 Å². The molecule has 1 aliphatic rings. The van der Waals surface area contributed by atoms with E-state index >= 15 is 0 Å². The maximum Gasteiger partial charge on any atom is 0.155 e. The van der Waals surface area contributed by atoms with Gasteiger partial charge in [0.25, 0.3) is 0 Å². The lowest BCUT2D eigenvalue weighted by molar-refractivity contribution is 0.359. The molecule has 0 amide bonds. The smallest absolute Gasteiger partial charge is 0.155 e. The minimum absolute atomic E-state index is 0.00829. The van der Waals surface area contributed by atoms with Crippen LogP contribution in [0.4, 0.5) is 0 Å². The van der Waals surface area contributed by atoms with Crippen LogP contribution in [0.15, 0.2) is 24.3 Å². The van der Waals surface area contributed by atoms with Gasteiger partial charge in [-0.1, -0.05) is 36.5 Å². The fraction of sp³-hybridized carbons (Fsp3) is 0.500. The third-order valence-corrected chi connectivity index (χ3v) is 5.35. The molecule has 2 rings (SSSR count). The average Bonchev–Trinajstić information content (AvgIpc) is 2.89. The highest BCUT2D eigenvalue weighted by molar-refractivity contribution is 7.90. The Hall–Kier alpha value is -0.980. The second-order valence-electron chi connectivity index (χ2n) is 5.16. The van der Waals surface area contributed by atoms with Crippen LogP contribution in [0.5, 0.6) is 0 Å². The predicted molar refractivity (Wildman–Crippen MR) is 85.5 cm³/mol. The quantitative estimate of drug-likeness (QED) is 0.803. The van der Waals surface area contributed by atoms with Crippen molar-refractivity contribution < 1.29 is 8.42 Å². The molecule has 20 heavy (non-hydrogen) atoms. The van der Waals surface area contributed by atoms with Crippen LogP contribution in [0.3, 0.4) is 0 Å². The molecule has 1 saturated heterocycles. The Morgan fingerprint density at radius 2 is 1.90 bits per heavy atom. The summed E-state index contributed by atoms with van der Waals surface area (Å²) in [6.45, 7) is 2.65. The molecule has 1 aliphatic heterocycles. The molecule has 0 unspecified atom stereocenters. The van der Waals surface area contributed by atoms with Crippen molar-refractivity contribution in [3.8, 4) is 0 Å². The molecule has 1 fully saturated rings. The molecule has 0 saturated carbocycles. The van der Waals surface area contributed by atoms with E-state index in [1.54, 1.807) is 12.1 Å². The Labute approximate surface area is 125 Å². The Morgan fingerprint density at radius 1 is 1.25 bits per heavy atom. The minimum atomic E-state index is -3.13. The Kier molecular flexibility index (Phi) is 5.12. The first-order chi connectivity index (χ1) is 9.48. The van der Waals surface area contributed by atoms with Crippen molar-refractivity contribution in [1.82, 2.24) is 4.90 Å². The van der Waals surface area contributed by atoms with Gasteiger partial charge in [-0.2, -0.15) is 0 Å². The van der Waals surface area contributed by atoms with Gasteiger partial charge in [0.05, 0.1) is 11.5 Å². The molecule has 1 aromatic rings. The van der Waals surface area contributed by atoms with Crippen LogP contribution in [0, 0.1) is 0 Å². The number of sulfone groups is 1. The molecule has 0 aromatic heterocycles. The normalized spacial score (nSPS) is 16.4. The molecule has 0 atom stereocenters. The van der Waals surface area contributed by atoms with E-state index in [4.69, 9.17) is 18.0 Å². The lowest BCUT2D eigenvalue weighted by atomic mass is 10.1. The third kappa shape index (κ3) is 4.26. The summed E-state index contributed by atoms with van der Waals surface area (Å²) in [6, 6.07) is 7.18. The van der Waals surface area contributed by atoms with Crippen LogP contribution in [-0.4, -0.2) is 43.7 Å². The van der Waals surface area contributed by atoms with E-state index in [-0.39, 0.29) is 16.5 Å². The van der Waals surface area contributed by atoms with Gasteiger partial charge in [-0.25, -0.2) is 8.42 Å². The standard InChI is InChI=1S/C14H20N2O2S2/c15-14(19)13-6-2-1-5-12(13)11-20(17,18)10-9-16-7-3-4-8-16/h1-2,5-6H,3-4,7-11H2,(H2,15,19). The van der Waals surface area contributed by atoms with Crippen LogP contribution in [-0.2, 0) is 15.6 Å². The first-order valence-corrected chi connectivity index (χ1v) is 9.01. The minimum Gasteiger partial charge on any atom is -0.389 e. The summed E-state index contributed by atoms with van der Waals surface area (Å²) in [5.74, 6) is 0.201. The van der Waals surface area contributed by atoms with Gasteiger partial charge in [0.15, 0.2) is 9.84 Å². The molecule has 1 heterocycles. The fourth-order valence-corrected chi connectivity index (χ4v) is 4.08. The van der Waals surface area contributed by atoms with Crippen molar-refractivity contribution in [2.24, 2.45) is 5.73 Å². The van der Waals surface area contributed by atoms with Crippen LogP contribution < -0.4 is 5.73 Å². The second kappa shape index (κ2) is 6.65. The van der Waals surface area contributed by atoms with E-state index in [0.29, 0.717) is 17.7 Å². The van der Waals surface area contributed by atoms with Crippen molar-refractivity contribution in [2.75, 3.05) is 25.4 Å². The largest absolute Gasteiger partial charge is 0.389 e. The SMILES string of the molecule is NC(=S)c1ccccc1CS(=O)(=O)CCN1CCCC1. The van der Waals surface area contributed by atoms with Gasteiger partial charge < -0.3 is 10.6 Å². The summed E-state index contributed by atoms with van der Waals surface area (Å²) in [5.41, 5.74) is 6.99. The predicted octanol–water partition coefficient (Wildman–Crippen LogP) is 1.33. The van der Waals surface area contributed by atoms with E-state index in [9.17, 15) is 8.42 Å². The van der Waals surface area contributed by atoms with Crippen molar-refractivity contribution in [2.45, 2.75) is 18.6 Å². The molecule has 110 valence electrons. The highest BCUT2D eigenvalue weighted by atomic mass is 32.2. The molecule has 1 aromatic carbocycles. The molecular weight excluding hydrogens is 292 g/mol. The maximum absolute atomic E-state index is 12.2. The van der Waals surface area contributed by atoms with Gasteiger partial charge in [-0.3, -0.25) is 0 Å². The monoisotopic (exact) mass is 312 g/mol. The number of nitrogens with two attached hydrogens (primary N) is 1. The van der Waals surface area contributed by atoms with Crippen molar-refractivity contribution in [3.63, 3.8) is 0 Å². The number of benzene rings is 1. The van der Waals surface area contributed by atoms with E-state index < -0.39 is 9.84 Å². The number of hydrogen-bond donors (Lipinski definition) is 1. The van der Waals surface area contributed by atoms with E-state index in [0.717, 1.165) is 13.1 Å². The van der Waals surface area contributed by atoms with Crippen LogP contribution in [0.25, 0.3) is 0 Å². The average molecular weight is 312 g/mol. The van der Waals surface area contributed by atoms with Gasteiger partial charge in [0.2, 0.25) is 0 Å². The molecule has 0 radical (unpaired) electrons. The number of nitrogens with zero attached hydrogens (tertiary/aromatic N) is 1. The molecule has 0 bridgehead atoms. The first-order valence-electron chi connectivity index (χ1n) is 6.78. The Bertz CT molecular complexity index is 579. The highest BCUT2D eigenvalue weighted by Gasteiger charge is 2.18. The Morgan fingerprint density at radius 3 is 2.55 bits per heavy atom. The molecule has 2 N–H and O–H groups in total. The zero-order valence-corrected chi connectivity index (χ0v) is 13.0. The van der Waals surface area contributed by atoms with Gasteiger partial charge >= 0.3 is 0 Å². The molecule has 4 nitrogen and oxygen atoms in total. The van der Waals surface area contributed by atoms with E-state index in [1.165, 1.54) is 12.8 Å². The molecular formula is C14H20N2O2S2. The zero-order chi connectivity index (χ0) is 14.6. The fourth-order valence-electron chi connectivity index (χ4n) is 2.47. The van der Waals surface area contributed by atoms with Crippen molar-refractivity contribution in [1.29, 1.82) is 0 Å². The van der Waals surface area contributed by atoms with Gasteiger partial charge in [-0.15, -0.1) is 0 Å². The topological polar surface area (TPSA) is 63.4 Å². The number of likely N-dealkylation sites (tertiary alicyclic amines) is 1. The second-order valence-corrected chi connectivity index (χ2v) is 7.79. The molecule has 0 spiro atoms. The van der Waals surface area contributed by atoms with E-state index in [1.807, 2.05) is 12.1 Å². The van der Waals surface area contributed by atoms with Gasteiger partial charge in [0.1, 0.15) is 4.99 Å². The lowest BCUT2D eigenvalue weighted by Gasteiger charge is -2.15. The van der Waals surface area contributed by atoms with Gasteiger partial charge in [0, 0.05) is 12.1 Å². The van der Waals surface area contributed by atoms with Crippen LogP contribution >= 0.6 is 12.2 Å². The summed E-state index contributed by atoms with van der Waals surface area (Å²) < 4.78 is 24.4. The first kappa shape index (κ1) is 15.4. The summed E-state index contributed by atoms with van der Waals surface area (Å²) in [7, 11) is -3.13. The number of rotatable bonds is 6. The van der Waals surface area contributed by atoms with Crippen molar-refractivity contribution >= 4 is 27.0 Å². The maximum atomic E-state index is 12.2. The summed E-state index contributed by atoms with van der Waals surface area (Å²) in [5, 5.41) is 0.